The molecule has 5 rings (SSSR count). The Morgan fingerprint density at radius 1 is 0.815 bits per heavy atom. The van der Waals surface area contributed by atoms with Crippen LogP contribution in [0.3, 0.4) is 0 Å². The Hall–Kier alpha value is -2.78. The molecular weight excluding hydrogens is 334 g/mol. The molecule has 0 amide bonds. The second-order valence-electron chi connectivity index (χ2n) is 7.74. The first-order valence-corrected chi connectivity index (χ1v) is 9.63. The first-order chi connectivity index (χ1) is 13.2. The van der Waals surface area contributed by atoms with Gasteiger partial charge in [-0.1, -0.05) is 48.5 Å². The topological polar surface area (TPSA) is 52.5 Å². The van der Waals surface area contributed by atoms with Gasteiger partial charge < -0.3 is 15.5 Å². The Kier molecular flexibility index (Phi) is 3.91. The van der Waals surface area contributed by atoms with E-state index in [9.17, 15) is 10.2 Å². The average Bonchev–Trinajstić information content (AvgIpc) is 2.69. The predicted molar refractivity (Wildman–Crippen MR) is 106 cm³/mol. The van der Waals surface area contributed by atoms with Gasteiger partial charge in [0.1, 0.15) is 0 Å². The van der Waals surface area contributed by atoms with E-state index in [0.717, 1.165) is 36.9 Å². The number of phenols is 2. The molecule has 0 saturated heterocycles. The minimum atomic E-state index is -0.0260. The number of nitrogens with one attached hydrogen (secondary N) is 1. The molecule has 2 aliphatic rings. The number of hydrogen-bond acceptors (Lipinski definition) is 3. The maximum atomic E-state index is 10.1. The molecule has 1 aliphatic heterocycles. The Morgan fingerprint density at radius 3 is 2.44 bits per heavy atom. The van der Waals surface area contributed by atoms with E-state index in [2.05, 4.69) is 47.8 Å². The van der Waals surface area contributed by atoms with Crippen molar-refractivity contribution in [1.82, 2.24) is 5.32 Å². The number of fused-ring (bicyclic) bond motifs is 5. The van der Waals surface area contributed by atoms with Crippen LogP contribution in [0.2, 0.25) is 0 Å². The first-order valence-electron chi connectivity index (χ1n) is 9.63. The highest BCUT2D eigenvalue weighted by atomic mass is 16.3. The molecular formula is C24H23NO2. The molecule has 0 aromatic heterocycles. The normalized spacial score (nSPS) is 20.4. The lowest BCUT2D eigenvalue weighted by molar-refractivity contribution is 0.380. The van der Waals surface area contributed by atoms with Crippen molar-refractivity contribution in [3.63, 3.8) is 0 Å². The van der Waals surface area contributed by atoms with E-state index < -0.39 is 0 Å². The van der Waals surface area contributed by atoms with Gasteiger partial charge in [-0.2, -0.15) is 0 Å². The summed E-state index contributed by atoms with van der Waals surface area (Å²) < 4.78 is 0. The van der Waals surface area contributed by atoms with E-state index in [1.165, 1.54) is 22.3 Å². The standard InChI is InChI=1S/C24H23NO2/c26-22-12-17-8-9-21-24(20(17)13-23(22)27)19-11-16(6-7-18(19)14-25-21)10-15-4-2-1-3-5-15/h1-7,11-13,21,24-27H,8-10,14H2/t21-,24-/m0/s1. The maximum absolute atomic E-state index is 10.1. The van der Waals surface area contributed by atoms with Crippen LogP contribution >= 0.6 is 0 Å². The quantitative estimate of drug-likeness (QED) is 0.601. The van der Waals surface area contributed by atoms with Gasteiger partial charge in [0.15, 0.2) is 11.5 Å². The summed E-state index contributed by atoms with van der Waals surface area (Å²) in [5, 5.41) is 23.7. The lowest BCUT2D eigenvalue weighted by Crippen LogP contribution is -2.42. The minimum Gasteiger partial charge on any atom is -0.504 e. The molecule has 0 spiro atoms. The molecule has 27 heavy (non-hydrogen) atoms. The Bertz CT molecular complexity index is 997. The number of benzene rings is 3. The van der Waals surface area contributed by atoms with Gasteiger partial charge in [-0.25, -0.2) is 0 Å². The highest BCUT2D eigenvalue weighted by Gasteiger charge is 2.35. The van der Waals surface area contributed by atoms with Crippen molar-refractivity contribution >= 4 is 0 Å². The molecule has 0 fully saturated rings. The van der Waals surface area contributed by atoms with Gasteiger partial charge in [0, 0.05) is 18.5 Å². The zero-order valence-corrected chi connectivity index (χ0v) is 15.2. The highest BCUT2D eigenvalue weighted by Crippen LogP contribution is 2.44. The molecule has 0 bridgehead atoms. The SMILES string of the molecule is Oc1cc2c(cc1O)[C@@H]1c3cc(Cc4ccccc4)ccc3CN[C@H]1CC2. The van der Waals surface area contributed by atoms with Crippen molar-refractivity contribution in [2.24, 2.45) is 0 Å². The number of rotatable bonds is 2. The Morgan fingerprint density at radius 2 is 1.59 bits per heavy atom. The minimum absolute atomic E-state index is 0.0194. The van der Waals surface area contributed by atoms with E-state index in [1.807, 2.05) is 6.07 Å². The maximum Gasteiger partial charge on any atom is 0.157 e. The Labute approximate surface area is 159 Å². The average molecular weight is 357 g/mol. The van der Waals surface area contributed by atoms with E-state index in [-0.39, 0.29) is 17.4 Å². The van der Waals surface area contributed by atoms with Gasteiger partial charge in [-0.3, -0.25) is 0 Å². The van der Waals surface area contributed by atoms with Gasteiger partial charge in [-0.05, 0) is 64.8 Å². The van der Waals surface area contributed by atoms with Crippen molar-refractivity contribution in [3.05, 3.63) is 94.0 Å². The summed E-state index contributed by atoms with van der Waals surface area (Å²) in [5.41, 5.74) is 7.61. The molecule has 0 radical (unpaired) electrons. The molecule has 3 N–H and O–H groups in total. The predicted octanol–water partition coefficient (Wildman–Crippen LogP) is 4.24. The molecule has 3 heteroatoms. The molecule has 1 heterocycles. The van der Waals surface area contributed by atoms with Crippen LogP contribution in [0.5, 0.6) is 11.5 Å². The zero-order chi connectivity index (χ0) is 18.4. The highest BCUT2D eigenvalue weighted by molar-refractivity contribution is 5.54. The van der Waals surface area contributed by atoms with Crippen LogP contribution in [0, 0.1) is 0 Å². The molecule has 136 valence electrons. The third-order valence-corrected chi connectivity index (χ3v) is 6.05. The van der Waals surface area contributed by atoms with E-state index >= 15 is 0 Å². The lowest BCUT2D eigenvalue weighted by Gasteiger charge is -2.39. The fourth-order valence-electron chi connectivity index (χ4n) is 4.72. The smallest absolute Gasteiger partial charge is 0.157 e. The summed E-state index contributed by atoms with van der Waals surface area (Å²) >= 11 is 0. The summed E-state index contributed by atoms with van der Waals surface area (Å²) in [6.45, 7) is 0.890. The van der Waals surface area contributed by atoms with E-state index in [4.69, 9.17) is 0 Å². The molecule has 0 saturated carbocycles. The van der Waals surface area contributed by atoms with Gasteiger partial charge in [0.2, 0.25) is 0 Å². The fraction of sp³-hybridized carbons (Fsp3) is 0.250. The molecule has 1 aliphatic carbocycles. The molecule has 3 aromatic rings. The zero-order valence-electron chi connectivity index (χ0n) is 15.2. The monoisotopic (exact) mass is 357 g/mol. The second-order valence-corrected chi connectivity index (χ2v) is 7.74. The van der Waals surface area contributed by atoms with Crippen LogP contribution < -0.4 is 5.32 Å². The molecule has 3 aromatic carbocycles. The van der Waals surface area contributed by atoms with Gasteiger partial charge in [0.25, 0.3) is 0 Å². The summed E-state index contributed by atoms with van der Waals surface area (Å²) in [7, 11) is 0. The number of hydrogen-bond donors (Lipinski definition) is 3. The third-order valence-electron chi connectivity index (χ3n) is 6.05. The van der Waals surface area contributed by atoms with Crippen molar-refractivity contribution in [3.8, 4) is 11.5 Å². The van der Waals surface area contributed by atoms with E-state index in [0.29, 0.717) is 6.04 Å². The molecule has 3 nitrogen and oxygen atoms in total. The summed E-state index contributed by atoms with van der Waals surface area (Å²) in [5.74, 6) is 0.177. The van der Waals surface area contributed by atoms with Crippen LogP contribution in [-0.4, -0.2) is 16.3 Å². The third kappa shape index (κ3) is 2.88. The first kappa shape index (κ1) is 16.4. The lowest BCUT2D eigenvalue weighted by atomic mass is 9.72. The van der Waals surface area contributed by atoms with Crippen molar-refractivity contribution in [2.75, 3.05) is 0 Å². The van der Waals surface area contributed by atoms with Crippen molar-refractivity contribution in [2.45, 2.75) is 37.8 Å². The summed E-state index contributed by atoms with van der Waals surface area (Å²) in [6, 6.07) is 21.2. The van der Waals surface area contributed by atoms with Crippen LogP contribution in [-0.2, 0) is 19.4 Å². The fourth-order valence-corrected chi connectivity index (χ4v) is 4.72. The number of phenolic OH excluding ortho intramolecular Hbond substituents is 2. The summed E-state index contributed by atoms with van der Waals surface area (Å²) in [6.07, 6.45) is 2.90. The van der Waals surface area contributed by atoms with Gasteiger partial charge in [0.05, 0.1) is 0 Å². The van der Waals surface area contributed by atoms with Crippen LogP contribution in [0.25, 0.3) is 0 Å². The second kappa shape index (κ2) is 6.43. The van der Waals surface area contributed by atoms with Crippen LogP contribution in [0.4, 0.5) is 0 Å². The van der Waals surface area contributed by atoms with Crippen molar-refractivity contribution < 1.29 is 10.2 Å². The van der Waals surface area contributed by atoms with Crippen molar-refractivity contribution in [1.29, 1.82) is 0 Å². The Balaban J connectivity index is 1.58. The van der Waals surface area contributed by atoms with Crippen LogP contribution in [0.15, 0.2) is 60.7 Å². The van der Waals surface area contributed by atoms with Gasteiger partial charge >= 0.3 is 0 Å². The number of aryl methyl sites for hydroxylation is 1. The van der Waals surface area contributed by atoms with Gasteiger partial charge in [-0.15, -0.1) is 0 Å². The largest absolute Gasteiger partial charge is 0.504 e. The van der Waals surface area contributed by atoms with Crippen LogP contribution in [0.1, 0.15) is 45.7 Å². The van der Waals surface area contributed by atoms with E-state index in [1.54, 1.807) is 12.1 Å². The number of aromatic hydroxyl groups is 2. The summed E-state index contributed by atoms with van der Waals surface area (Å²) in [4.78, 5) is 0. The molecule has 0 unspecified atom stereocenters. The molecule has 2 atom stereocenters.